The number of amides is 1. The summed E-state index contributed by atoms with van der Waals surface area (Å²) < 4.78 is 0. The molecule has 4 nitrogen and oxygen atoms in total. The van der Waals surface area contributed by atoms with Crippen LogP contribution in [0.2, 0.25) is 0 Å². The summed E-state index contributed by atoms with van der Waals surface area (Å²) in [6, 6.07) is 17.6. The van der Waals surface area contributed by atoms with Crippen molar-refractivity contribution in [1.82, 2.24) is 0 Å². The van der Waals surface area contributed by atoms with Gasteiger partial charge >= 0.3 is 0 Å². The number of carbonyl (C=O) groups excluding carboxylic acids is 2. The summed E-state index contributed by atoms with van der Waals surface area (Å²) in [7, 11) is 0. The zero-order valence-corrected chi connectivity index (χ0v) is 13.4. The molecule has 0 bridgehead atoms. The average molecular weight is 322 g/mol. The third-order valence-corrected chi connectivity index (χ3v) is 4.67. The van der Waals surface area contributed by atoms with E-state index in [4.69, 9.17) is 0 Å². The quantitative estimate of drug-likeness (QED) is 0.941. The molecule has 0 radical (unpaired) electrons. The van der Waals surface area contributed by atoms with Crippen molar-refractivity contribution in [1.29, 1.82) is 0 Å². The Morgan fingerprint density at radius 2 is 1.42 bits per heavy atom. The number of aliphatic carboxylic acids is 1. The van der Waals surface area contributed by atoms with E-state index < -0.39 is 17.8 Å². The summed E-state index contributed by atoms with van der Waals surface area (Å²) in [5.41, 5.74) is 2.86. The van der Waals surface area contributed by atoms with Crippen LogP contribution in [0, 0.1) is 11.8 Å². The van der Waals surface area contributed by atoms with Crippen LogP contribution in [0.4, 0.5) is 5.69 Å². The van der Waals surface area contributed by atoms with Gasteiger partial charge in [-0.3, -0.25) is 4.79 Å². The molecule has 4 heteroatoms. The Labute approximate surface area is 141 Å². The van der Waals surface area contributed by atoms with Gasteiger partial charge in [0.1, 0.15) is 0 Å². The predicted molar refractivity (Wildman–Crippen MR) is 91.0 cm³/mol. The first kappa shape index (κ1) is 16.2. The molecular formula is C20H20NO3-. The molecule has 124 valence electrons. The van der Waals surface area contributed by atoms with E-state index in [1.807, 2.05) is 54.6 Å². The summed E-state index contributed by atoms with van der Waals surface area (Å²) in [6.45, 7) is 0. The van der Waals surface area contributed by atoms with E-state index in [9.17, 15) is 14.7 Å². The number of carboxylic acid groups (broad SMARTS) is 1. The van der Waals surface area contributed by atoms with Gasteiger partial charge in [-0.15, -0.1) is 0 Å². The molecule has 2 aromatic rings. The molecule has 1 aliphatic rings. The highest BCUT2D eigenvalue weighted by Crippen LogP contribution is 2.31. The van der Waals surface area contributed by atoms with Gasteiger partial charge in [-0.25, -0.2) is 0 Å². The molecule has 0 spiro atoms. The van der Waals surface area contributed by atoms with Gasteiger partial charge in [0.2, 0.25) is 5.91 Å². The van der Waals surface area contributed by atoms with Crippen LogP contribution in [0.25, 0.3) is 11.1 Å². The number of benzene rings is 2. The van der Waals surface area contributed by atoms with E-state index >= 15 is 0 Å². The molecule has 0 aromatic heterocycles. The third kappa shape index (κ3) is 3.65. The minimum Gasteiger partial charge on any atom is -0.550 e. The van der Waals surface area contributed by atoms with Crippen LogP contribution in [-0.4, -0.2) is 11.9 Å². The second-order valence-corrected chi connectivity index (χ2v) is 6.25. The van der Waals surface area contributed by atoms with Crippen LogP contribution in [0.15, 0.2) is 54.6 Å². The summed E-state index contributed by atoms with van der Waals surface area (Å²) in [5, 5.41) is 14.1. The van der Waals surface area contributed by atoms with Crippen molar-refractivity contribution in [3.8, 4) is 11.1 Å². The van der Waals surface area contributed by atoms with E-state index in [2.05, 4.69) is 5.32 Å². The van der Waals surface area contributed by atoms with E-state index in [1.54, 1.807) is 0 Å². The summed E-state index contributed by atoms with van der Waals surface area (Å²) >= 11 is 0. The summed E-state index contributed by atoms with van der Waals surface area (Å²) in [5.74, 6) is -2.52. The van der Waals surface area contributed by atoms with Crippen molar-refractivity contribution in [2.75, 3.05) is 5.32 Å². The van der Waals surface area contributed by atoms with Gasteiger partial charge in [0, 0.05) is 23.5 Å². The zero-order chi connectivity index (χ0) is 16.9. The maximum atomic E-state index is 12.4. The number of carboxylic acids is 1. The fourth-order valence-electron chi connectivity index (χ4n) is 3.34. The molecule has 1 fully saturated rings. The Bertz CT molecular complexity index is 709. The smallest absolute Gasteiger partial charge is 0.228 e. The minimum atomic E-state index is -1.12. The van der Waals surface area contributed by atoms with Crippen LogP contribution in [0.1, 0.15) is 25.7 Å². The van der Waals surface area contributed by atoms with Crippen molar-refractivity contribution < 1.29 is 14.7 Å². The molecule has 1 saturated carbocycles. The lowest BCUT2D eigenvalue weighted by Crippen LogP contribution is -2.42. The molecule has 0 unspecified atom stereocenters. The second kappa shape index (κ2) is 7.30. The topological polar surface area (TPSA) is 69.2 Å². The average Bonchev–Trinajstić information content (AvgIpc) is 2.63. The van der Waals surface area contributed by atoms with Gasteiger partial charge in [0.15, 0.2) is 0 Å². The van der Waals surface area contributed by atoms with Crippen molar-refractivity contribution in [2.45, 2.75) is 25.7 Å². The standard InChI is InChI=1S/C20H21NO3/c22-19(17-8-4-5-9-18(17)20(23)24)21-16-12-10-15(11-13-16)14-6-2-1-3-7-14/h1-3,6-7,10-13,17-18H,4-5,8-9H2,(H,21,22)(H,23,24)/p-1/t17-,18+/m1/s1. The SMILES string of the molecule is O=C([O-])[C@H]1CCCC[C@H]1C(=O)Nc1ccc(-c2ccccc2)cc1. The van der Waals surface area contributed by atoms with Gasteiger partial charge in [0.25, 0.3) is 0 Å². The van der Waals surface area contributed by atoms with Crippen LogP contribution in [0.3, 0.4) is 0 Å². The molecule has 2 atom stereocenters. The number of carbonyl (C=O) groups is 2. The maximum Gasteiger partial charge on any atom is 0.228 e. The largest absolute Gasteiger partial charge is 0.550 e. The van der Waals surface area contributed by atoms with Crippen molar-refractivity contribution >= 4 is 17.6 Å². The van der Waals surface area contributed by atoms with Crippen LogP contribution in [-0.2, 0) is 9.59 Å². The van der Waals surface area contributed by atoms with E-state index in [1.165, 1.54) is 0 Å². The number of rotatable bonds is 4. The molecular weight excluding hydrogens is 302 g/mol. The lowest BCUT2D eigenvalue weighted by Gasteiger charge is -2.31. The fourth-order valence-corrected chi connectivity index (χ4v) is 3.34. The molecule has 1 aliphatic carbocycles. The third-order valence-electron chi connectivity index (χ3n) is 4.67. The Morgan fingerprint density at radius 1 is 0.833 bits per heavy atom. The van der Waals surface area contributed by atoms with Gasteiger partial charge in [-0.2, -0.15) is 0 Å². The zero-order valence-electron chi connectivity index (χ0n) is 13.4. The highest BCUT2D eigenvalue weighted by Gasteiger charge is 2.31. The Hall–Kier alpha value is -2.62. The summed E-state index contributed by atoms with van der Waals surface area (Å²) in [4.78, 5) is 23.7. The first-order valence-electron chi connectivity index (χ1n) is 8.32. The Kier molecular flexibility index (Phi) is 4.94. The monoisotopic (exact) mass is 322 g/mol. The van der Waals surface area contributed by atoms with Crippen molar-refractivity contribution in [3.63, 3.8) is 0 Å². The first-order valence-corrected chi connectivity index (χ1v) is 8.32. The number of hydrogen-bond donors (Lipinski definition) is 1. The van der Waals surface area contributed by atoms with Crippen LogP contribution in [0.5, 0.6) is 0 Å². The lowest BCUT2D eigenvalue weighted by molar-refractivity contribution is -0.313. The van der Waals surface area contributed by atoms with Crippen LogP contribution < -0.4 is 10.4 Å². The number of anilines is 1. The highest BCUT2D eigenvalue weighted by molar-refractivity contribution is 5.95. The van der Waals surface area contributed by atoms with Crippen molar-refractivity contribution in [2.24, 2.45) is 11.8 Å². The minimum absolute atomic E-state index is 0.226. The Morgan fingerprint density at radius 3 is 2.04 bits per heavy atom. The number of nitrogens with one attached hydrogen (secondary N) is 1. The molecule has 1 N–H and O–H groups in total. The van der Waals surface area contributed by atoms with Gasteiger partial charge < -0.3 is 15.2 Å². The Balaban J connectivity index is 1.69. The van der Waals surface area contributed by atoms with Gasteiger partial charge in [-0.1, -0.05) is 55.3 Å². The van der Waals surface area contributed by atoms with E-state index in [0.717, 1.165) is 24.0 Å². The molecule has 0 heterocycles. The molecule has 3 rings (SSSR count). The molecule has 0 saturated heterocycles. The first-order chi connectivity index (χ1) is 11.6. The maximum absolute atomic E-state index is 12.4. The molecule has 24 heavy (non-hydrogen) atoms. The molecule has 2 aromatic carbocycles. The fraction of sp³-hybridized carbons (Fsp3) is 0.300. The van der Waals surface area contributed by atoms with E-state index in [-0.39, 0.29) is 5.91 Å². The lowest BCUT2D eigenvalue weighted by atomic mass is 9.78. The van der Waals surface area contributed by atoms with Gasteiger partial charge in [-0.05, 0) is 36.1 Å². The van der Waals surface area contributed by atoms with Gasteiger partial charge in [0.05, 0.1) is 0 Å². The summed E-state index contributed by atoms with van der Waals surface area (Å²) in [6.07, 6.45) is 2.85. The molecule has 0 aliphatic heterocycles. The van der Waals surface area contributed by atoms with E-state index in [0.29, 0.717) is 18.5 Å². The second-order valence-electron chi connectivity index (χ2n) is 6.25. The predicted octanol–water partition coefficient (Wildman–Crippen LogP) is 2.85. The highest BCUT2D eigenvalue weighted by atomic mass is 16.4. The number of hydrogen-bond acceptors (Lipinski definition) is 3. The molecule has 1 amide bonds. The normalized spacial score (nSPS) is 20.3. The van der Waals surface area contributed by atoms with Crippen LogP contribution >= 0.6 is 0 Å². The van der Waals surface area contributed by atoms with Crippen molar-refractivity contribution in [3.05, 3.63) is 54.6 Å².